The molecule has 7 unspecified atom stereocenters. The highest BCUT2D eigenvalue weighted by Crippen LogP contribution is 2.22. The Morgan fingerprint density at radius 1 is 0.971 bits per heavy atom. The van der Waals surface area contributed by atoms with Crippen molar-refractivity contribution in [2.45, 2.75) is 114 Å². The van der Waals surface area contributed by atoms with Crippen LogP contribution in [0.2, 0.25) is 0 Å². The lowest BCUT2D eigenvalue weighted by Gasteiger charge is -2.40. The van der Waals surface area contributed by atoms with Gasteiger partial charge in [-0.2, -0.15) is 0 Å². The number of aliphatic hydroxyl groups excluding tert-OH is 5. The number of hydrogen-bond acceptors (Lipinski definition) is 8. The normalized spacial score (nSPS) is 27.3. The van der Waals surface area contributed by atoms with Crippen molar-refractivity contribution in [1.82, 2.24) is 5.32 Å². The zero-order valence-electron chi connectivity index (χ0n) is 20.6. The molecule has 1 rings (SSSR count). The van der Waals surface area contributed by atoms with Crippen LogP contribution in [0.5, 0.6) is 0 Å². The fourth-order valence-electron chi connectivity index (χ4n) is 3.56. The van der Waals surface area contributed by atoms with Gasteiger partial charge >= 0.3 is 0 Å². The molecule has 6 N–H and O–H groups in total. The van der Waals surface area contributed by atoms with E-state index in [-0.39, 0.29) is 12.5 Å². The van der Waals surface area contributed by atoms with Crippen molar-refractivity contribution in [2.75, 3.05) is 13.2 Å². The minimum Gasteiger partial charge on any atom is -0.394 e. The minimum absolute atomic E-state index is 0.204. The maximum atomic E-state index is 12.3. The van der Waals surface area contributed by atoms with Crippen molar-refractivity contribution in [2.24, 2.45) is 0 Å². The molecule has 0 radical (unpaired) electrons. The van der Waals surface area contributed by atoms with Gasteiger partial charge in [0.25, 0.3) is 0 Å². The van der Waals surface area contributed by atoms with Crippen molar-refractivity contribution in [1.29, 1.82) is 0 Å². The molecule has 1 saturated heterocycles. The fraction of sp³-hybridized carbons (Fsp3) is 0.800. The number of carbonyl (C=O) groups excluding carboxylic acids is 1. The molecule has 0 saturated carbocycles. The van der Waals surface area contributed by atoms with E-state index in [2.05, 4.69) is 24.4 Å². The van der Waals surface area contributed by atoms with E-state index in [0.717, 1.165) is 44.9 Å². The molecule has 0 aromatic rings. The van der Waals surface area contributed by atoms with E-state index in [1.54, 1.807) is 6.08 Å². The number of ether oxygens (including phenoxy) is 2. The molecule has 0 aromatic carbocycles. The number of aliphatic hydroxyl groups is 5. The number of amides is 1. The molecule has 1 aliphatic rings. The summed E-state index contributed by atoms with van der Waals surface area (Å²) in [5, 5.41) is 52.8. The average molecular weight is 488 g/mol. The van der Waals surface area contributed by atoms with E-state index >= 15 is 0 Å². The molecule has 0 aromatic heterocycles. The third-order valence-electron chi connectivity index (χ3n) is 5.78. The molecule has 198 valence electrons. The Balaban J connectivity index is 2.69. The lowest BCUT2D eigenvalue weighted by molar-refractivity contribution is -0.302. The van der Waals surface area contributed by atoms with Gasteiger partial charge in [-0.05, 0) is 25.7 Å². The molecule has 1 heterocycles. The Bertz CT molecular complexity index is 597. The summed E-state index contributed by atoms with van der Waals surface area (Å²) in [5.41, 5.74) is 0. The van der Waals surface area contributed by atoms with Gasteiger partial charge in [0.2, 0.25) is 5.91 Å². The summed E-state index contributed by atoms with van der Waals surface area (Å²) in [4.78, 5) is 12.3. The Labute approximate surface area is 203 Å². The van der Waals surface area contributed by atoms with Crippen LogP contribution < -0.4 is 5.32 Å². The second kappa shape index (κ2) is 18.0. The SMILES string of the molecule is CCCC/C=C/CC/C=C/C(O)C(COC1OC(CO)C(O)C(O)C1O)NC(=O)CCCCC. The zero-order chi connectivity index (χ0) is 25.3. The fourth-order valence-corrected chi connectivity index (χ4v) is 3.56. The molecule has 0 aliphatic carbocycles. The summed E-state index contributed by atoms with van der Waals surface area (Å²) in [6.45, 7) is 3.42. The van der Waals surface area contributed by atoms with Crippen LogP contribution in [0.25, 0.3) is 0 Å². The van der Waals surface area contributed by atoms with Crippen molar-refractivity contribution >= 4 is 5.91 Å². The first-order valence-electron chi connectivity index (χ1n) is 12.6. The van der Waals surface area contributed by atoms with Gasteiger partial charge in [0.15, 0.2) is 6.29 Å². The number of unbranched alkanes of at least 4 members (excludes halogenated alkanes) is 5. The van der Waals surface area contributed by atoms with Crippen LogP contribution in [0.15, 0.2) is 24.3 Å². The molecule has 7 atom stereocenters. The molecule has 1 amide bonds. The van der Waals surface area contributed by atoms with Gasteiger partial charge in [0.1, 0.15) is 24.4 Å². The van der Waals surface area contributed by atoms with Crippen molar-refractivity contribution in [3.8, 4) is 0 Å². The largest absolute Gasteiger partial charge is 0.394 e. The summed E-state index contributed by atoms with van der Waals surface area (Å²) < 4.78 is 10.9. The Kier molecular flexibility index (Phi) is 16.3. The third-order valence-corrected chi connectivity index (χ3v) is 5.78. The molecule has 0 spiro atoms. The quantitative estimate of drug-likeness (QED) is 0.133. The predicted molar refractivity (Wildman–Crippen MR) is 129 cm³/mol. The van der Waals surface area contributed by atoms with Crippen LogP contribution in [-0.2, 0) is 14.3 Å². The number of rotatable bonds is 17. The first-order valence-corrected chi connectivity index (χ1v) is 12.6. The van der Waals surface area contributed by atoms with Gasteiger partial charge in [-0.1, -0.05) is 63.8 Å². The molecule has 9 nitrogen and oxygen atoms in total. The molecular weight excluding hydrogens is 442 g/mol. The van der Waals surface area contributed by atoms with Crippen LogP contribution in [0.1, 0.15) is 71.6 Å². The van der Waals surface area contributed by atoms with E-state index < -0.39 is 49.5 Å². The molecule has 1 aliphatic heterocycles. The van der Waals surface area contributed by atoms with Gasteiger partial charge in [-0.3, -0.25) is 4.79 Å². The summed E-state index contributed by atoms with van der Waals surface area (Å²) in [5.74, 6) is -0.220. The topological polar surface area (TPSA) is 149 Å². The smallest absolute Gasteiger partial charge is 0.220 e. The lowest BCUT2D eigenvalue weighted by atomic mass is 9.99. The Hall–Kier alpha value is -1.33. The molecule has 1 fully saturated rings. The summed E-state index contributed by atoms with van der Waals surface area (Å²) in [6.07, 6.45) is 7.59. The number of allylic oxidation sites excluding steroid dienone is 3. The van der Waals surface area contributed by atoms with Gasteiger partial charge in [0, 0.05) is 6.42 Å². The number of carbonyl (C=O) groups is 1. The van der Waals surface area contributed by atoms with Crippen LogP contribution in [0, 0.1) is 0 Å². The van der Waals surface area contributed by atoms with Gasteiger partial charge < -0.3 is 40.3 Å². The monoisotopic (exact) mass is 487 g/mol. The van der Waals surface area contributed by atoms with E-state index in [1.165, 1.54) is 6.42 Å². The minimum atomic E-state index is -1.56. The molecule has 0 bridgehead atoms. The Morgan fingerprint density at radius 2 is 1.65 bits per heavy atom. The van der Waals surface area contributed by atoms with E-state index in [9.17, 15) is 30.3 Å². The second-order valence-electron chi connectivity index (χ2n) is 8.77. The standard InChI is InChI=1S/C25H45NO8/c1-3-5-7-8-9-10-11-13-14-19(28)18(26-21(29)15-12-6-4-2)17-33-25-24(32)23(31)22(30)20(16-27)34-25/h8-9,13-14,18-20,22-25,27-28,30-32H,3-7,10-12,15-17H2,1-2H3,(H,26,29)/b9-8+,14-13+. The maximum absolute atomic E-state index is 12.3. The van der Waals surface area contributed by atoms with Crippen molar-refractivity contribution in [3.63, 3.8) is 0 Å². The van der Waals surface area contributed by atoms with E-state index in [0.29, 0.717) is 6.42 Å². The van der Waals surface area contributed by atoms with Gasteiger partial charge in [-0.15, -0.1) is 0 Å². The van der Waals surface area contributed by atoms with E-state index in [4.69, 9.17) is 9.47 Å². The molecule has 9 heteroatoms. The highest BCUT2D eigenvalue weighted by atomic mass is 16.7. The van der Waals surface area contributed by atoms with Gasteiger partial charge in [0.05, 0.1) is 25.4 Å². The summed E-state index contributed by atoms with van der Waals surface area (Å²) in [7, 11) is 0. The second-order valence-corrected chi connectivity index (χ2v) is 8.77. The highest BCUT2D eigenvalue weighted by Gasteiger charge is 2.44. The predicted octanol–water partition coefficient (Wildman–Crippen LogP) is 1.31. The third kappa shape index (κ3) is 11.4. The van der Waals surface area contributed by atoms with Gasteiger partial charge in [-0.25, -0.2) is 0 Å². The van der Waals surface area contributed by atoms with Crippen LogP contribution >= 0.6 is 0 Å². The average Bonchev–Trinajstić information content (AvgIpc) is 2.83. The lowest BCUT2D eigenvalue weighted by Crippen LogP contribution is -2.60. The molecule has 34 heavy (non-hydrogen) atoms. The Morgan fingerprint density at radius 3 is 2.32 bits per heavy atom. The maximum Gasteiger partial charge on any atom is 0.220 e. The summed E-state index contributed by atoms with van der Waals surface area (Å²) >= 11 is 0. The number of hydrogen-bond donors (Lipinski definition) is 6. The van der Waals surface area contributed by atoms with Crippen LogP contribution in [-0.4, -0.2) is 87.5 Å². The highest BCUT2D eigenvalue weighted by molar-refractivity contribution is 5.76. The zero-order valence-corrected chi connectivity index (χ0v) is 20.6. The first kappa shape index (κ1) is 30.7. The van der Waals surface area contributed by atoms with Crippen molar-refractivity contribution in [3.05, 3.63) is 24.3 Å². The van der Waals surface area contributed by atoms with Crippen LogP contribution in [0.3, 0.4) is 0 Å². The van der Waals surface area contributed by atoms with Crippen molar-refractivity contribution < 1.29 is 39.8 Å². The van der Waals surface area contributed by atoms with E-state index in [1.807, 2.05) is 13.0 Å². The molecular formula is C25H45NO8. The van der Waals surface area contributed by atoms with Crippen LogP contribution in [0.4, 0.5) is 0 Å². The number of nitrogens with one attached hydrogen (secondary N) is 1. The summed E-state index contributed by atoms with van der Waals surface area (Å²) in [6, 6.07) is -0.808. The first-order chi connectivity index (χ1) is 16.3.